The van der Waals surface area contributed by atoms with E-state index < -0.39 is 0 Å². The van der Waals surface area contributed by atoms with Crippen LogP contribution < -0.4 is 10.2 Å². The van der Waals surface area contributed by atoms with E-state index in [2.05, 4.69) is 17.5 Å². The van der Waals surface area contributed by atoms with Gasteiger partial charge in [-0.25, -0.2) is 5.43 Å². The molecule has 0 heterocycles. The molecule has 2 saturated carbocycles. The van der Waals surface area contributed by atoms with Crippen LogP contribution in [-0.4, -0.2) is 12.1 Å². The first-order valence-corrected chi connectivity index (χ1v) is 10.7. The van der Waals surface area contributed by atoms with Crippen molar-refractivity contribution in [3.63, 3.8) is 0 Å². The first-order valence-electron chi connectivity index (χ1n) is 9.97. The molecule has 2 fully saturated rings. The molecule has 0 aromatic heterocycles. The molecule has 2 aliphatic carbocycles. The molecule has 2 aromatic rings. The minimum absolute atomic E-state index is 0.0513. The largest absolute Gasteiger partial charge is 0.489 e. The topological polar surface area (TPSA) is 50.7 Å². The van der Waals surface area contributed by atoms with Gasteiger partial charge in [0.1, 0.15) is 12.4 Å². The third-order valence-electron chi connectivity index (χ3n) is 6.29. The summed E-state index contributed by atoms with van der Waals surface area (Å²) < 4.78 is 5.77. The average Bonchev–Trinajstić information content (AvgIpc) is 3.34. The molecular weight excluding hydrogens is 407 g/mol. The highest BCUT2D eigenvalue weighted by Crippen LogP contribution is 2.66. The van der Waals surface area contributed by atoms with Gasteiger partial charge >= 0.3 is 0 Å². The fraction of sp³-hybridized carbons (Fsp3) is 0.391. The Morgan fingerprint density at radius 2 is 2.03 bits per heavy atom. The Kier molecular flexibility index (Phi) is 5.84. The minimum atomic E-state index is 0.0513. The molecule has 0 aliphatic heterocycles. The first-order chi connectivity index (χ1) is 14.0. The molecule has 29 heavy (non-hydrogen) atoms. The van der Waals surface area contributed by atoms with E-state index in [1.807, 2.05) is 30.3 Å². The Morgan fingerprint density at radius 3 is 2.72 bits per heavy atom. The number of hydrazone groups is 1. The van der Waals surface area contributed by atoms with Gasteiger partial charge in [0.2, 0.25) is 5.91 Å². The van der Waals surface area contributed by atoms with Crippen molar-refractivity contribution >= 4 is 35.3 Å². The zero-order valence-corrected chi connectivity index (χ0v) is 17.8. The number of carbonyl (C=O) groups excluding carboxylic acids is 1. The summed E-state index contributed by atoms with van der Waals surface area (Å²) in [5, 5.41) is 5.33. The Labute approximate surface area is 181 Å². The summed E-state index contributed by atoms with van der Waals surface area (Å²) in [7, 11) is 0. The van der Waals surface area contributed by atoms with Gasteiger partial charge in [-0.15, -0.1) is 0 Å². The summed E-state index contributed by atoms with van der Waals surface area (Å²) in [6, 6.07) is 12.9. The number of ether oxygens (including phenoxy) is 1. The molecule has 152 valence electrons. The Balaban J connectivity index is 1.27. The summed E-state index contributed by atoms with van der Waals surface area (Å²) >= 11 is 12.1. The number of fused-ring (bicyclic) bond motifs is 1. The lowest BCUT2D eigenvalue weighted by Gasteiger charge is -2.15. The van der Waals surface area contributed by atoms with Crippen LogP contribution in [0.5, 0.6) is 5.75 Å². The molecule has 0 unspecified atom stereocenters. The lowest BCUT2D eigenvalue weighted by atomic mass is 9.90. The standard InChI is InChI=1S/C23H24Cl2N2O2/c1-23-11-3-2-4-19(23)21(23)22(28)27-26-13-15-5-9-18(10-6-15)29-14-16-7-8-17(24)12-20(16)25/h5-10,12-13,19,21H,2-4,11,14H2,1H3,(H,27,28)/b26-13-/t19-,21-,23-/m1/s1. The molecule has 4 rings (SSSR count). The van der Waals surface area contributed by atoms with E-state index in [0.29, 0.717) is 22.6 Å². The van der Waals surface area contributed by atoms with Crippen molar-refractivity contribution < 1.29 is 9.53 Å². The smallest absolute Gasteiger partial charge is 0.244 e. The molecule has 0 saturated heterocycles. The number of nitrogens with zero attached hydrogens (tertiary/aromatic N) is 1. The van der Waals surface area contributed by atoms with Crippen LogP contribution in [0.25, 0.3) is 0 Å². The van der Waals surface area contributed by atoms with Crippen molar-refractivity contribution in [1.29, 1.82) is 0 Å². The van der Waals surface area contributed by atoms with E-state index in [0.717, 1.165) is 23.3 Å². The lowest BCUT2D eigenvalue weighted by Crippen LogP contribution is -2.22. The van der Waals surface area contributed by atoms with Gasteiger partial charge in [0, 0.05) is 21.5 Å². The maximum Gasteiger partial charge on any atom is 0.244 e. The number of rotatable bonds is 6. The summed E-state index contributed by atoms with van der Waals surface area (Å²) in [5.41, 5.74) is 4.68. The maximum absolute atomic E-state index is 12.4. The Bertz CT molecular complexity index is 929. The molecule has 4 nitrogen and oxygen atoms in total. The second kappa shape index (κ2) is 8.37. The van der Waals surface area contributed by atoms with Crippen LogP contribution in [0.1, 0.15) is 43.7 Å². The molecule has 1 amide bonds. The van der Waals surface area contributed by atoms with Crippen LogP contribution >= 0.6 is 23.2 Å². The van der Waals surface area contributed by atoms with E-state index in [9.17, 15) is 4.79 Å². The number of hydrogen-bond acceptors (Lipinski definition) is 3. The normalized spacial score (nSPS) is 25.5. The average molecular weight is 431 g/mol. The fourth-order valence-corrected chi connectivity index (χ4v) is 5.00. The van der Waals surface area contributed by atoms with Crippen molar-refractivity contribution in [1.82, 2.24) is 5.43 Å². The highest BCUT2D eigenvalue weighted by molar-refractivity contribution is 6.35. The molecule has 6 heteroatoms. The number of amides is 1. The molecule has 0 bridgehead atoms. The van der Waals surface area contributed by atoms with Gasteiger partial charge in [-0.1, -0.05) is 49.0 Å². The highest BCUT2D eigenvalue weighted by atomic mass is 35.5. The van der Waals surface area contributed by atoms with E-state index in [-0.39, 0.29) is 17.2 Å². The van der Waals surface area contributed by atoms with Gasteiger partial charge in [-0.05, 0) is 66.1 Å². The van der Waals surface area contributed by atoms with Crippen molar-refractivity contribution in [2.75, 3.05) is 0 Å². The Hall–Kier alpha value is -2.04. The SMILES string of the molecule is C[C@@]12CCCC[C@@H]1[C@@H]2C(=O)N/N=C\c1ccc(OCc2ccc(Cl)cc2Cl)cc1. The summed E-state index contributed by atoms with van der Waals surface area (Å²) in [6.45, 7) is 2.60. The molecular formula is C23H24Cl2N2O2. The van der Waals surface area contributed by atoms with Crippen molar-refractivity contribution in [2.45, 2.75) is 39.2 Å². The number of nitrogens with one attached hydrogen (secondary N) is 1. The molecule has 0 spiro atoms. The fourth-order valence-electron chi connectivity index (χ4n) is 4.54. The third-order valence-corrected chi connectivity index (χ3v) is 6.88. The molecule has 0 radical (unpaired) electrons. The van der Waals surface area contributed by atoms with E-state index in [4.69, 9.17) is 27.9 Å². The van der Waals surface area contributed by atoms with Gasteiger partial charge in [-0.2, -0.15) is 5.10 Å². The lowest BCUT2D eigenvalue weighted by molar-refractivity contribution is -0.123. The van der Waals surface area contributed by atoms with E-state index in [1.54, 1.807) is 18.3 Å². The van der Waals surface area contributed by atoms with Crippen LogP contribution in [0, 0.1) is 17.3 Å². The Morgan fingerprint density at radius 1 is 1.24 bits per heavy atom. The van der Waals surface area contributed by atoms with Gasteiger partial charge in [-0.3, -0.25) is 4.79 Å². The number of carbonyl (C=O) groups is 1. The van der Waals surface area contributed by atoms with Crippen LogP contribution in [-0.2, 0) is 11.4 Å². The van der Waals surface area contributed by atoms with Crippen molar-refractivity contribution in [3.8, 4) is 5.75 Å². The predicted octanol–water partition coefficient (Wildman–Crippen LogP) is 5.85. The van der Waals surface area contributed by atoms with E-state index in [1.165, 1.54) is 19.3 Å². The highest BCUT2D eigenvalue weighted by Gasteiger charge is 2.64. The zero-order chi connectivity index (χ0) is 20.4. The molecule has 2 aliphatic rings. The van der Waals surface area contributed by atoms with E-state index >= 15 is 0 Å². The van der Waals surface area contributed by atoms with Crippen LogP contribution in [0.15, 0.2) is 47.6 Å². The second-order valence-corrected chi connectivity index (χ2v) is 9.01. The maximum atomic E-state index is 12.4. The van der Waals surface area contributed by atoms with Gasteiger partial charge < -0.3 is 4.74 Å². The van der Waals surface area contributed by atoms with Gasteiger partial charge in [0.15, 0.2) is 0 Å². The number of hydrogen-bond donors (Lipinski definition) is 1. The van der Waals surface area contributed by atoms with Gasteiger partial charge in [0.25, 0.3) is 0 Å². The quantitative estimate of drug-likeness (QED) is 0.461. The minimum Gasteiger partial charge on any atom is -0.489 e. The third kappa shape index (κ3) is 4.44. The number of halogens is 2. The molecule has 1 N–H and O–H groups in total. The van der Waals surface area contributed by atoms with Crippen molar-refractivity contribution in [3.05, 3.63) is 63.6 Å². The molecule has 2 aromatic carbocycles. The summed E-state index contributed by atoms with van der Waals surface area (Å²) in [5.74, 6) is 1.44. The monoisotopic (exact) mass is 430 g/mol. The summed E-state index contributed by atoms with van der Waals surface area (Å²) in [4.78, 5) is 12.4. The van der Waals surface area contributed by atoms with Crippen LogP contribution in [0.4, 0.5) is 0 Å². The first kappa shape index (κ1) is 20.2. The predicted molar refractivity (Wildman–Crippen MR) is 117 cm³/mol. The zero-order valence-electron chi connectivity index (χ0n) is 16.3. The summed E-state index contributed by atoms with van der Waals surface area (Å²) in [6.07, 6.45) is 6.46. The van der Waals surface area contributed by atoms with Crippen LogP contribution in [0.3, 0.4) is 0 Å². The van der Waals surface area contributed by atoms with Gasteiger partial charge in [0.05, 0.1) is 6.21 Å². The van der Waals surface area contributed by atoms with Crippen molar-refractivity contribution in [2.24, 2.45) is 22.4 Å². The number of benzene rings is 2. The molecule has 3 atom stereocenters. The van der Waals surface area contributed by atoms with Crippen LogP contribution in [0.2, 0.25) is 10.0 Å². The second-order valence-electron chi connectivity index (χ2n) is 8.16.